The SMILES string of the molecule is Cc1c(CN2CC[C@](O)(c3ccccc3)[C@H](N3CCCC3)C2)cnn1C. The molecule has 2 aromatic rings. The summed E-state index contributed by atoms with van der Waals surface area (Å²) >= 11 is 0. The number of piperidine rings is 1. The number of aryl methyl sites for hydroxylation is 1. The minimum Gasteiger partial charge on any atom is -0.383 e. The van der Waals surface area contributed by atoms with Crippen molar-refractivity contribution in [3.63, 3.8) is 0 Å². The summed E-state index contributed by atoms with van der Waals surface area (Å²) in [7, 11) is 2.00. The lowest BCUT2D eigenvalue weighted by Gasteiger charge is -2.48. The Morgan fingerprint density at radius 3 is 2.54 bits per heavy atom. The fourth-order valence-electron chi connectivity index (χ4n) is 4.60. The summed E-state index contributed by atoms with van der Waals surface area (Å²) in [5.41, 5.74) is 2.82. The maximum atomic E-state index is 11.7. The second-order valence-corrected chi connectivity index (χ2v) is 7.91. The van der Waals surface area contributed by atoms with Crippen LogP contribution in [-0.4, -0.2) is 56.9 Å². The summed E-state index contributed by atoms with van der Waals surface area (Å²) in [6.07, 6.45) is 5.24. The molecule has 0 bridgehead atoms. The number of rotatable bonds is 4. The van der Waals surface area contributed by atoms with Gasteiger partial charge in [-0.2, -0.15) is 5.10 Å². The molecule has 0 saturated carbocycles. The van der Waals surface area contributed by atoms with Crippen LogP contribution in [0.15, 0.2) is 36.5 Å². The first-order valence-corrected chi connectivity index (χ1v) is 9.80. The molecular formula is C21H30N4O. The Balaban J connectivity index is 1.58. The van der Waals surface area contributed by atoms with Gasteiger partial charge in [-0.05, 0) is 44.8 Å². The van der Waals surface area contributed by atoms with Gasteiger partial charge in [-0.25, -0.2) is 0 Å². The van der Waals surface area contributed by atoms with Gasteiger partial charge in [0, 0.05) is 37.9 Å². The van der Waals surface area contributed by atoms with Crippen LogP contribution in [0.5, 0.6) is 0 Å². The Morgan fingerprint density at radius 2 is 1.88 bits per heavy atom. The van der Waals surface area contributed by atoms with E-state index in [4.69, 9.17) is 0 Å². The first kappa shape index (κ1) is 17.7. The summed E-state index contributed by atoms with van der Waals surface area (Å²) in [4.78, 5) is 5.00. The summed E-state index contributed by atoms with van der Waals surface area (Å²) in [6, 6.07) is 10.4. The highest BCUT2D eigenvalue weighted by Crippen LogP contribution is 2.37. The number of benzene rings is 1. The molecule has 4 rings (SSSR count). The number of likely N-dealkylation sites (tertiary alicyclic amines) is 2. The summed E-state index contributed by atoms with van der Waals surface area (Å²) in [5.74, 6) is 0. The molecule has 5 heteroatoms. The molecule has 2 atom stereocenters. The van der Waals surface area contributed by atoms with Gasteiger partial charge in [0.2, 0.25) is 0 Å². The highest BCUT2D eigenvalue weighted by Gasteiger charge is 2.46. The van der Waals surface area contributed by atoms with Gasteiger partial charge in [0.1, 0.15) is 5.60 Å². The fourth-order valence-corrected chi connectivity index (χ4v) is 4.60. The molecule has 140 valence electrons. The molecule has 0 aliphatic carbocycles. The van der Waals surface area contributed by atoms with Crippen LogP contribution >= 0.6 is 0 Å². The normalized spacial score (nSPS) is 27.9. The lowest BCUT2D eigenvalue weighted by Crippen LogP contribution is -2.60. The van der Waals surface area contributed by atoms with Crippen molar-refractivity contribution < 1.29 is 5.11 Å². The molecule has 0 radical (unpaired) electrons. The lowest BCUT2D eigenvalue weighted by atomic mass is 9.79. The average molecular weight is 354 g/mol. The molecule has 0 unspecified atom stereocenters. The van der Waals surface area contributed by atoms with E-state index < -0.39 is 5.60 Å². The van der Waals surface area contributed by atoms with Crippen LogP contribution in [0.25, 0.3) is 0 Å². The molecule has 0 spiro atoms. The molecule has 2 fully saturated rings. The van der Waals surface area contributed by atoms with Crippen molar-refractivity contribution in [2.24, 2.45) is 7.05 Å². The maximum absolute atomic E-state index is 11.7. The van der Waals surface area contributed by atoms with E-state index in [1.807, 2.05) is 36.1 Å². The number of nitrogens with zero attached hydrogens (tertiary/aromatic N) is 4. The third kappa shape index (κ3) is 3.20. The van der Waals surface area contributed by atoms with Gasteiger partial charge >= 0.3 is 0 Å². The quantitative estimate of drug-likeness (QED) is 0.915. The zero-order valence-electron chi connectivity index (χ0n) is 15.9. The van der Waals surface area contributed by atoms with Crippen molar-refractivity contribution in [1.29, 1.82) is 0 Å². The van der Waals surface area contributed by atoms with Gasteiger partial charge in [-0.1, -0.05) is 30.3 Å². The van der Waals surface area contributed by atoms with Crippen molar-refractivity contribution in [3.05, 3.63) is 53.3 Å². The van der Waals surface area contributed by atoms with Gasteiger partial charge in [-0.3, -0.25) is 14.5 Å². The second-order valence-electron chi connectivity index (χ2n) is 7.91. The van der Waals surface area contributed by atoms with E-state index in [9.17, 15) is 5.11 Å². The zero-order valence-corrected chi connectivity index (χ0v) is 15.9. The Kier molecular flexibility index (Phi) is 4.86. The monoisotopic (exact) mass is 354 g/mol. The van der Waals surface area contributed by atoms with Crippen LogP contribution in [0.2, 0.25) is 0 Å². The summed E-state index contributed by atoms with van der Waals surface area (Å²) < 4.78 is 1.94. The van der Waals surface area contributed by atoms with E-state index in [-0.39, 0.29) is 6.04 Å². The molecule has 3 heterocycles. The summed E-state index contributed by atoms with van der Waals surface area (Å²) in [5, 5.41) is 16.1. The molecule has 2 saturated heterocycles. The Bertz CT molecular complexity index is 738. The first-order valence-electron chi connectivity index (χ1n) is 9.80. The number of hydrogen-bond donors (Lipinski definition) is 1. The zero-order chi connectivity index (χ0) is 18.1. The first-order chi connectivity index (χ1) is 12.6. The van der Waals surface area contributed by atoms with E-state index in [2.05, 4.69) is 34.0 Å². The summed E-state index contributed by atoms with van der Waals surface area (Å²) in [6.45, 7) is 7.04. The van der Waals surface area contributed by atoms with E-state index in [0.717, 1.165) is 44.7 Å². The molecule has 1 N–H and O–H groups in total. The highest BCUT2D eigenvalue weighted by atomic mass is 16.3. The van der Waals surface area contributed by atoms with E-state index >= 15 is 0 Å². The molecule has 1 aromatic heterocycles. The molecule has 26 heavy (non-hydrogen) atoms. The van der Waals surface area contributed by atoms with Crippen LogP contribution in [0.4, 0.5) is 0 Å². The van der Waals surface area contributed by atoms with E-state index in [0.29, 0.717) is 0 Å². The van der Waals surface area contributed by atoms with Crippen LogP contribution in [-0.2, 0) is 19.2 Å². The van der Waals surface area contributed by atoms with Crippen molar-refractivity contribution in [3.8, 4) is 0 Å². The Morgan fingerprint density at radius 1 is 1.15 bits per heavy atom. The minimum atomic E-state index is -0.758. The third-order valence-electron chi connectivity index (χ3n) is 6.38. The second kappa shape index (κ2) is 7.14. The number of hydrogen-bond acceptors (Lipinski definition) is 4. The highest BCUT2D eigenvalue weighted by molar-refractivity contribution is 5.26. The predicted molar refractivity (Wildman–Crippen MR) is 103 cm³/mol. The standard InChI is InChI=1S/C21H30N4O/c1-17-18(14-22-23(17)2)15-24-13-10-21(26,19-8-4-3-5-9-19)20(16-24)25-11-6-7-12-25/h3-5,8-9,14,20,26H,6-7,10-13,15-16H2,1-2H3/t20-,21+/m1/s1. The molecular weight excluding hydrogens is 324 g/mol. The molecule has 2 aliphatic heterocycles. The van der Waals surface area contributed by atoms with Crippen LogP contribution in [0, 0.1) is 6.92 Å². The van der Waals surface area contributed by atoms with Crippen molar-refractivity contribution in [2.75, 3.05) is 26.2 Å². The van der Waals surface area contributed by atoms with Gasteiger partial charge in [0.05, 0.1) is 12.2 Å². The average Bonchev–Trinajstić information content (AvgIpc) is 3.30. The van der Waals surface area contributed by atoms with Crippen molar-refractivity contribution in [2.45, 2.75) is 44.4 Å². The van der Waals surface area contributed by atoms with Gasteiger partial charge in [-0.15, -0.1) is 0 Å². The fraction of sp³-hybridized carbons (Fsp3) is 0.571. The Hall–Kier alpha value is -1.69. The topological polar surface area (TPSA) is 44.5 Å². The van der Waals surface area contributed by atoms with Crippen LogP contribution in [0.1, 0.15) is 36.1 Å². The minimum absolute atomic E-state index is 0.151. The van der Waals surface area contributed by atoms with E-state index in [1.54, 1.807) is 0 Å². The molecule has 2 aliphatic rings. The van der Waals surface area contributed by atoms with E-state index in [1.165, 1.54) is 24.1 Å². The lowest BCUT2D eigenvalue weighted by molar-refractivity contribution is -0.0959. The van der Waals surface area contributed by atoms with Crippen LogP contribution < -0.4 is 0 Å². The van der Waals surface area contributed by atoms with Gasteiger partial charge < -0.3 is 5.11 Å². The molecule has 5 nitrogen and oxygen atoms in total. The van der Waals surface area contributed by atoms with Gasteiger partial charge in [0.25, 0.3) is 0 Å². The third-order valence-corrected chi connectivity index (χ3v) is 6.38. The molecule has 0 amide bonds. The number of aromatic nitrogens is 2. The predicted octanol–water partition coefficient (Wildman–Crippen LogP) is 2.29. The van der Waals surface area contributed by atoms with Crippen molar-refractivity contribution in [1.82, 2.24) is 19.6 Å². The number of aliphatic hydroxyl groups is 1. The molecule has 1 aromatic carbocycles. The Labute approximate surface area is 156 Å². The smallest absolute Gasteiger partial charge is 0.108 e. The van der Waals surface area contributed by atoms with Crippen molar-refractivity contribution >= 4 is 0 Å². The maximum Gasteiger partial charge on any atom is 0.108 e. The largest absolute Gasteiger partial charge is 0.383 e. The van der Waals surface area contributed by atoms with Crippen LogP contribution in [0.3, 0.4) is 0 Å². The van der Waals surface area contributed by atoms with Gasteiger partial charge in [0.15, 0.2) is 0 Å².